The number of nitrogens with two attached hydrogens (primary N) is 1. The fraction of sp³-hybridized carbons (Fsp3) is 0.0312. The maximum atomic E-state index is 13.7. The number of ketones is 2. The number of benzene rings is 4. The molecule has 0 amide bonds. The van der Waals surface area contributed by atoms with Crippen molar-refractivity contribution in [2.75, 3.05) is 21.7 Å². The van der Waals surface area contributed by atoms with Crippen LogP contribution in [0.2, 0.25) is 5.28 Å². The van der Waals surface area contributed by atoms with E-state index in [4.69, 9.17) is 28.9 Å². The topological polar surface area (TPSA) is 278 Å². The molecule has 1 heterocycles. The molecule has 22 heteroatoms. The number of nitrogens with one attached hydrogen (secondary N) is 3. The Kier molecular flexibility index (Phi) is 9.96. The Morgan fingerprint density at radius 3 is 1.89 bits per heavy atom. The van der Waals surface area contributed by atoms with Gasteiger partial charge in [-0.05, 0) is 60.5 Å². The van der Waals surface area contributed by atoms with Crippen molar-refractivity contribution < 1.29 is 43.9 Å². The van der Waals surface area contributed by atoms with E-state index in [9.17, 15) is 43.9 Å². The summed E-state index contributed by atoms with van der Waals surface area (Å²) in [6, 6.07) is 14.0. The van der Waals surface area contributed by atoms with E-state index in [0.29, 0.717) is 5.56 Å². The predicted octanol–water partition coefficient (Wildman–Crippen LogP) is 5.40. The molecule has 6 rings (SSSR count). The first-order chi connectivity index (χ1) is 25.3. The molecule has 1 aliphatic carbocycles. The quantitative estimate of drug-likeness (QED) is 0.0744. The molecule has 7 N–H and O–H groups in total. The summed E-state index contributed by atoms with van der Waals surface area (Å²) in [6.07, 6.45) is 0. The van der Waals surface area contributed by atoms with Crippen LogP contribution in [-0.2, 0) is 30.1 Å². The minimum absolute atomic E-state index is 0.0172. The van der Waals surface area contributed by atoms with Gasteiger partial charge in [-0.2, -0.15) is 31.8 Å². The summed E-state index contributed by atoms with van der Waals surface area (Å²) >= 11 is 11.6. The molecule has 0 fully saturated rings. The number of fused-ring (bicyclic) bond motifs is 2. The zero-order valence-electron chi connectivity index (χ0n) is 27.1. The molecular formula is C32H23Cl2N7O10S3. The Balaban J connectivity index is 1.38. The van der Waals surface area contributed by atoms with Crippen LogP contribution in [0.5, 0.6) is 0 Å². The van der Waals surface area contributed by atoms with Gasteiger partial charge in [0, 0.05) is 33.4 Å². The molecule has 0 saturated carbocycles. The Hall–Kier alpha value is -5.48. The Labute approximate surface area is 316 Å². The van der Waals surface area contributed by atoms with Crippen LogP contribution in [0.4, 0.5) is 40.3 Å². The second-order valence-corrected chi connectivity index (χ2v) is 16.6. The van der Waals surface area contributed by atoms with Gasteiger partial charge in [-0.15, -0.1) is 0 Å². The zero-order chi connectivity index (χ0) is 39.3. The highest BCUT2D eigenvalue weighted by Crippen LogP contribution is 2.41. The lowest BCUT2D eigenvalue weighted by Gasteiger charge is -2.24. The molecule has 0 radical (unpaired) electrons. The molecule has 0 saturated heterocycles. The van der Waals surface area contributed by atoms with Crippen molar-refractivity contribution in [1.82, 2.24) is 15.0 Å². The Morgan fingerprint density at radius 2 is 1.30 bits per heavy atom. The van der Waals surface area contributed by atoms with E-state index < -0.39 is 62.7 Å². The summed E-state index contributed by atoms with van der Waals surface area (Å²) in [5.74, 6) is -2.05. The van der Waals surface area contributed by atoms with Gasteiger partial charge in [-0.25, -0.2) is 8.42 Å². The van der Waals surface area contributed by atoms with Gasteiger partial charge < -0.3 is 21.7 Å². The number of nitrogen functional groups attached to an aromatic ring is 1. The number of nitrogens with zero attached hydrogens (tertiary/aromatic N) is 3. The molecule has 5 aromatic rings. The highest BCUT2D eigenvalue weighted by atomic mass is 35.5. The summed E-state index contributed by atoms with van der Waals surface area (Å²) < 4.78 is 94.9. The van der Waals surface area contributed by atoms with Crippen molar-refractivity contribution in [3.63, 3.8) is 0 Å². The van der Waals surface area contributed by atoms with E-state index in [2.05, 4.69) is 30.9 Å². The standard InChI is InChI=1S/C32H23Cl2N7O10S3/c1-15-6-8-17(52(44,45)11-10-33)13-21(15)38-32-40-30(34)39-31(41-32)37-20-9-7-16(12-23(20)53(46,47)48)36-22-14-24(54(49,50)51)27(35)26-25(22)28(42)18-4-2-3-5-19(18)29(26)43/h2-14,36H,35H2,1H3,(H,46,47,48)(H,49,50,51)(H2,37,38,39,40,41)/b11-10+. The summed E-state index contributed by atoms with van der Waals surface area (Å²) in [5.41, 5.74) is 5.31. The van der Waals surface area contributed by atoms with Crippen LogP contribution in [0.1, 0.15) is 37.4 Å². The first-order valence-electron chi connectivity index (χ1n) is 14.9. The lowest BCUT2D eigenvalue weighted by atomic mass is 9.82. The normalized spacial score (nSPS) is 13.1. The number of carbonyl (C=O) groups is 2. The molecule has 4 aromatic carbocycles. The monoisotopic (exact) mass is 831 g/mol. The van der Waals surface area contributed by atoms with E-state index in [1.807, 2.05) is 0 Å². The van der Waals surface area contributed by atoms with Crippen LogP contribution in [0.15, 0.2) is 92.4 Å². The fourth-order valence-corrected chi connectivity index (χ4v) is 8.16. The third kappa shape index (κ3) is 7.48. The summed E-state index contributed by atoms with van der Waals surface area (Å²) in [5, 5.41) is 8.56. The molecule has 17 nitrogen and oxygen atoms in total. The summed E-state index contributed by atoms with van der Waals surface area (Å²) in [4.78, 5) is 37.4. The average molecular weight is 833 g/mol. The Morgan fingerprint density at radius 1 is 0.704 bits per heavy atom. The Bertz CT molecular complexity index is 2820. The molecule has 0 spiro atoms. The molecular weight excluding hydrogens is 809 g/mol. The van der Waals surface area contributed by atoms with Gasteiger partial charge >= 0.3 is 0 Å². The minimum Gasteiger partial charge on any atom is -0.397 e. The number of hydrogen-bond donors (Lipinski definition) is 6. The van der Waals surface area contributed by atoms with Crippen LogP contribution in [0, 0.1) is 6.92 Å². The molecule has 0 unspecified atom stereocenters. The van der Waals surface area contributed by atoms with Crippen LogP contribution in [0.25, 0.3) is 0 Å². The van der Waals surface area contributed by atoms with Crippen molar-refractivity contribution in [1.29, 1.82) is 0 Å². The number of sulfone groups is 1. The SMILES string of the molecule is Cc1ccc(S(=O)(=O)/C=C/Cl)cc1Nc1nc(Cl)nc(Nc2ccc(Nc3cc(S(=O)(=O)O)c(N)c4c3C(=O)c3ccccc3C4=O)cc2S(=O)(=O)O)n1. The molecule has 0 bridgehead atoms. The van der Waals surface area contributed by atoms with Crippen molar-refractivity contribution in [2.45, 2.75) is 21.6 Å². The first kappa shape index (κ1) is 38.3. The number of anilines is 7. The van der Waals surface area contributed by atoms with Gasteiger partial charge in [0.2, 0.25) is 27.0 Å². The van der Waals surface area contributed by atoms with Crippen LogP contribution in [-0.4, -0.2) is 60.9 Å². The summed E-state index contributed by atoms with van der Waals surface area (Å²) in [6.45, 7) is 1.67. The van der Waals surface area contributed by atoms with Crippen molar-refractivity contribution in [3.05, 3.63) is 111 Å². The van der Waals surface area contributed by atoms with E-state index in [1.165, 1.54) is 48.5 Å². The number of aryl methyl sites for hydroxylation is 1. The van der Waals surface area contributed by atoms with Gasteiger partial charge in [0.05, 0.1) is 33.1 Å². The first-order valence-corrected chi connectivity index (χ1v) is 20.1. The number of halogens is 2. The molecule has 0 atom stereocenters. The van der Waals surface area contributed by atoms with Gasteiger partial charge in [-0.3, -0.25) is 18.7 Å². The number of rotatable bonds is 10. The second kappa shape index (κ2) is 14.1. The van der Waals surface area contributed by atoms with Crippen molar-refractivity contribution >= 4 is 105 Å². The van der Waals surface area contributed by atoms with E-state index in [1.54, 1.807) is 6.92 Å². The highest BCUT2D eigenvalue weighted by Gasteiger charge is 2.36. The predicted molar refractivity (Wildman–Crippen MR) is 198 cm³/mol. The van der Waals surface area contributed by atoms with Crippen LogP contribution >= 0.6 is 23.2 Å². The van der Waals surface area contributed by atoms with E-state index >= 15 is 0 Å². The highest BCUT2D eigenvalue weighted by molar-refractivity contribution is 7.94. The van der Waals surface area contributed by atoms with Gasteiger partial charge in [-0.1, -0.05) is 41.9 Å². The molecule has 54 heavy (non-hydrogen) atoms. The van der Waals surface area contributed by atoms with Crippen molar-refractivity contribution in [3.8, 4) is 0 Å². The third-order valence-electron chi connectivity index (χ3n) is 7.89. The molecule has 0 aliphatic heterocycles. The van der Waals surface area contributed by atoms with E-state index in [0.717, 1.165) is 29.1 Å². The molecule has 1 aromatic heterocycles. The van der Waals surface area contributed by atoms with Crippen molar-refractivity contribution in [2.24, 2.45) is 0 Å². The van der Waals surface area contributed by atoms with Gasteiger partial charge in [0.25, 0.3) is 20.2 Å². The number of carbonyl (C=O) groups excluding carboxylic acids is 2. The number of aromatic nitrogens is 3. The lowest BCUT2D eigenvalue weighted by Crippen LogP contribution is -2.25. The second-order valence-electron chi connectivity index (χ2n) is 11.4. The minimum atomic E-state index is -5.06. The van der Waals surface area contributed by atoms with Gasteiger partial charge in [0.15, 0.2) is 11.6 Å². The number of hydrogen-bond acceptors (Lipinski definition) is 15. The summed E-state index contributed by atoms with van der Waals surface area (Å²) in [7, 11) is -14.0. The molecule has 278 valence electrons. The maximum absolute atomic E-state index is 13.7. The third-order valence-corrected chi connectivity index (χ3v) is 11.5. The fourth-order valence-electron chi connectivity index (χ4n) is 5.44. The maximum Gasteiger partial charge on any atom is 0.296 e. The van der Waals surface area contributed by atoms with Crippen LogP contribution < -0.4 is 21.7 Å². The average Bonchev–Trinajstić information content (AvgIpc) is 3.08. The lowest BCUT2D eigenvalue weighted by molar-refractivity contribution is 0.0980. The smallest absolute Gasteiger partial charge is 0.296 e. The van der Waals surface area contributed by atoms with E-state index in [-0.39, 0.29) is 61.5 Å². The zero-order valence-corrected chi connectivity index (χ0v) is 31.0. The van der Waals surface area contributed by atoms with Crippen LogP contribution in [0.3, 0.4) is 0 Å². The van der Waals surface area contributed by atoms with Gasteiger partial charge in [0.1, 0.15) is 9.79 Å². The largest absolute Gasteiger partial charge is 0.397 e. The molecule has 1 aliphatic rings.